The molecule has 6 nitrogen and oxygen atoms in total. The third kappa shape index (κ3) is 57.3. The fourth-order valence-electron chi connectivity index (χ4n) is 9.93. The minimum absolute atomic E-state index is 0.0620. The molecule has 0 saturated carbocycles. The number of hydrogen-bond acceptors (Lipinski definition) is 6. The smallest absolute Gasteiger partial charge is 0.306 e. The molecule has 0 aromatic carbocycles. The lowest BCUT2D eigenvalue weighted by atomic mass is 10.0. The largest absolute Gasteiger partial charge is 0.462 e. The molecule has 0 radical (unpaired) electrons. The van der Waals surface area contributed by atoms with Crippen LogP contribution in [0.2, 0.25) is 0 Å². The van der Waals surface area contributed by atoms with E-state index in [0.717, 1.165) is 69.6 Å². The lowest BCUT2D eigenvalue weighted by Crippen LogP contribution is -2.30. The van der Waals surface area contributed by atoms with Crippen molar-refractivity contribution in [2.24, 2.45) is 11.8 Å². The normalized spacial score (nSPS) is 12.0. The zero-order valence-corrected chi connectivity index (χ0v) is 48.2. The summed E-state index contributed by atoms with van der Waals surface area (Å²) in [5.41, 5.74) is 0. The van der Waals surface area contributed by atoms with Crippen LogP contribution < -0.4 is 0 Å². The van der Waals surface area contributed by atoms with Gasteiger partial charge in [0.15, 0.2) is 6.10 Å². The van der Waals surface area contributed by atoms with Crippen molar-refractivity contribution in [3.05, 3.63) is 0 Å². The van der Waals surface area contributed by atoms with Gasteiger partial charge in [-0.2, -0.15) is 0 Å². The molecule has 0 spiro atoms. The highest BCUT2D eigenvalue weighted by Gasteiger charge is 2.19. The van der Waals surface area contributed by atoms with E-state index in [1.54, 1.807) is 0 Å². The number of unbranched alkanes of at least 4 members (excludes halogenated alkanes) is 43. The Kier molecular flexibility index (Phi) is 55.4. The van der Waals surface area contributed by atoms with Crippen LogP contribution in [0.4, 0.5) is 0 Å². The average molecular weight is 990 g/mol. The van der Waals surface area contributed by atoms with E-state index in [9.17, 15) is 14.4 Å². The van der Waals surface area contributed by atoms with Gasteiger partial charge in [0.1, 0.15) is 13.2 Å². The number of hydrogen-bond donors (Lipinski definition) is 0. The van der Waals surface area contributed by atoms with Crippen molar-refractivity contribution in [2.75, 3.05) is 13.2 Å². The van der Waals surface area contributed by atoms with Crippen LogP contribution in [0, 0.1) is 11.8 Å². The third-order valence-electron chi connectivity index (χ3n) is 14.7. The van der Waals surface area contributed by atoms with Crippen LogP contribution in [-0.4, -0.2) is 37.2 Å². The average Bonchev–Trinajstić information content (AvgIpc) is 3.33. The Labute approximate surface area is 438 Å². The van der Waals surface area contributed by atoms with E-state index in [1.807, 2.05) is 0 Å². The van der Waals surface area contributed by atoms with Crippen LogP contribution in [0.1, 0.15) is 362 Å². The Morgan fingerprint density at radius 3 is 0.700 bits per heavy atom. The molecule has 416 valence electrons. The second kappa shape index (κ2) is 56.7. The summed E-state index contributed by atoms with van der Waals surface area (Å²) >= 11 is 0. The molecule has 1 atom stereocenters. The Balaban J connectivity index is 4.27. The highest BCUT2D eigenvalue weighted by Crippen LogP contribution is 2.19. The molecule has 0 unspecified atom stereocenters. The fraction of sp³-hybridized carbons (Fsp3) is 0.953. The molecule has 0 bridgehead atoms. The molecular formula is C64H124O6. The summed E-state index contributed by atoms with van der Waals surface area (Å²) in [6, 6.07) is 0. The van der Waals surface area contributed by atoms with Gasteiger partial charge in [0, 0.05) is 19.3 Å². The first-order chi connectivity index (χ1) is 34.2. The molecule has 0 N–H and O–H groups in total. The first-order valence-electron chi connectivity index (χ1n) is 31.7. The van der Waals surface area contributed by atoms with Gasteiger partial charge < -0.3 is 14.2 Å². The zero-order chi connectivity index (χ0) is 51.1. The molecule has 0 aliphatic rings. The minimum Gasteiger partial charge on any atom is -0.462 e. The van der Waals surface area contributed by atoms with Gasteiger partial charge in [-0.3, -0.25) is 14.4 Å². The molecule has 0 aliphatic carbocycles. The zero-order valence-electron chi connectivity index (χ0n) is 48.2. The van der Waals surface area contributed by atoms with Gasteiger partial charge in [0.25, 0.3) is 0 Å². The number of esters is 3. The van der Waals surface area contributed by atoms with Crippen LogP contribution in [0.5, 0.6) is 0 Å². The van der Waals surface area contributed by atoms with Gasteiger partial charge in [-0.15, -0.1) is 0 Å². The summed E-state index contributed by atoms with van der Waals surface area (Å²) in [7, 11) is 0. The lowest BCUT2D eigenvalue weighted by molar-refractivity contribution is -0.167. The molecule has 0 saturated heterocycles. The molecule has 6 heteroatoms. The Bertz CT molecular complexity index is 1070. The topological polar surface area (TPSA) is 78.9 Å². The standard InChI is InChI=1S/C64H124O6/c1-6-7-8-9-10-11-12-13-14-17-21-24-29-34-39-44-49-54-62(65)68-57-61(58-69-63(66)55-50-45-40-35-31-26-28-33-38-43-48-53-60(4)5)70-64(67)56-51-46-41-36-30-25-22-19-16-15-18-20-23-27-32-37-42-47-52-59(2)3/h59-61H,6-58H2,1-5H3/t61-/m1/s1. The first-order valence-corrected chi connectivity index (χ1v) is 31.7. The van der Waals surface area contributed by atoms with Crippen molar-refractivity contribution >= 4 is 17.9 Å². The number of ether oxygens (including phenoxy) is 3. The molecule has 0 aromatic heterocycles. The van der Waals surface area contributed by atoms with Gasteiger partial charge in [0.05, 0.1) is 0 Å². The highest BCUT2D eigenvalue weighted by atomic mass is 16.6. The van der Waals surface area contributed by atoms with E-state index in [-0.39, 0.29) is 31.1 Å². The van der Waals surface area contributed by atoms with Gasteiger partial charge in [0.2, 0.25) is 0 Å². The third-order valence-corrected chi connectivity index (χ3v) is 14.7. The van der Waals surface area contributed by atoms with Gasteiger partial charge in [-0.1, -0.05) is 324 Å². The predicted octanol–water partition coefficient (Wildman–Crippen LogP) is 21.2. The predicted molar refractivity (Wildman–Crippen MR) is 303 cm³/mol. The number of rotatable bonds is 58. The Hall–Kier alpha value is -1.59. The van der Waals surface area contributed by atoms with E-state index < -0.39 is 6.10 Å². The van der Waals surface area contributed by atoms with Crippen molar-refractivity contribution in [1.82, 2.24) is 0 Å². The molecule has 0 fully saturated rings. The van der Waals surface area contributed by atoms with Crippen molar-refractivity contribution in [3.8, 4) is 0 Å². The maximum Gasteiger partial charge on any atom is 0.306 e. The van der Waals surface area contributed by atoms with Crippen LogP contribution in [0.15, 0.2) is 0 Å². The second-order valence-electron chi connectivity index (χ2n) is 23.0. The molecule has 0 heterocycles. The summed E-state index contributed by atoms with van der Waals surface area (Å²) in [4.78, 5) is 38.3. The van der Waals surface area contributed by atoms with Crippen molar-refractivity contribution in [1.29, 1.82) is 0 Å². The van der Waals surface area contributed by atoms with E-state index in [0.29, 0.717) is 19.3 Å². The number of carbonyl (C=O) groups is 3. The maximum atomic E-state index is 12.9. The van der Waals surface area contributed by atoms with Crippen LogP contribution in [-0.2, 0) is 28.6 Å². The molecule has 0 amide bonds. The second-order valence-corrected chi connectivity index (χ2v) is 23.0. The quantitative estimate of drug-likeness (QED) is 0.0343. The Morgan fingerprint density at radius 1 is 0.271 bits per heavy atom. The van der Waals surface area contributed by atoms with Crippen molar-refractivity contribution in [3.63, 3.8) is 0 Å². The van der Waals surface area contributed by atoms with Crippen LogP contribution >= 0.6 is 0 Å². The SMILES string of the molecule is CCCCCCCCCCCCCCCCCCCC(=O)OC[C@H](COC(=O)CCCCCCCCCCCCCC(C)C)OC(=O)CCCCCCCCCCCCCCCCCCCCC(C)C. The minimum atomic E-state index is -0.763. The van der Waals surface area contributed by atoms with Gasteiger partial charge in [-0.25, -0.2) is 0 Å². The van der Waals surface area contributed by atoms with Crippen LogP contribution in [0.3, 0.4) is 0 Å². The van der Waals surface area contributed by atoms with Crippen molar-refractivity contribution < 1.29 is 28.6 Å². The summed E-state index contributed by atoms with van der Waals surface area (Å²) in [5, 5.41) is 0. The summed E-state index contributed by atoms with van der Waals surface area (Å²) in [5.74, 6) is 0.853. The molecule has 0 aromatic rings. The first kappa shape index (κ1) is 68.4. The maximum absolute atomic E-state index is 12.9. The monoisotopic (exact) mass is 989 g/mol. The van der Waals surface area contributed by atoms with E-state index in [2.05, 4.69) is 34.6 Å². The molecular weight excluding hydrogens is 865 g/mol. The summed E-state index contributed by atoms with van der Waals surface area (Å²) in [6.45, 7) is 11.4. The van der Waals surface area contributed by atoms with E-state index in [1.165, 1.54) is 250 Å². The Morgan fingerprint density at radius 2 is 0.471 bits per heavy atom. The molecule has 0 aliphatic heterocycles. The van der Waals surface area contributed by atoms with Gasteiger partial charge >= 0.3 is 17.9 Å². The summed E-state index contributed by atoms with van der Waals surface area (Å²) in [6.07, 6.45) is 62.5. The van der Waals surface area contributed by atoms with Crippen LogP contribution in [0.25, 0.3) is 0 Å². The highest BCUT2D eigenvalue weighted by molar-refractivity contribution is 5.71. The molecule has 0 rings (SSSR count). The van der Waals surface area contributed by atoms with E-state index >= 15 is 0 Å². The van der Waals surface area contributed by atoms with E-state index in [4.69, 9.17) is 14.2 Å². The molecule has 70 heavy (non-hydrogen) atoms. The van der Waals surface area contributed by atoms with Gasteiger partial charge in [-0.05, 0) is 31.1 Å². The lowest BCUT2D eigenvalue weighted by Gasteiger charge is -2.18. The number of carbonyl (C=O) groups excluding carboxylic acids is 3. The van der Waals surface area contributed by atoms with Crippen molar-refractivity contribution in [2.45, 2.75) is 368 Å². The summed E-state index contributed by atoms with van der Waals surface area (Å²) < 4.78 is 17.0. The fourth-order valence-corrected chi connectivity index (χ4v) is 9.93.